The molecular weight excluding hydrogens is 244 g/mol. The van der Waals surface area contributed by atoms with Crippen molar-refractivity contribution in [3.8, 4) is 11.8 Å². The fraction of sp³-hybridized carbons (Fsp3) is 0. The van der Waals surface area contributed by atoms with Crippen LogP contribution in [0.25, 0.3) is 5.69 Å². The molecule has 0 bridgehead atoms. The van der Waals surface area contributed by atoms with Gasteiger partial charge >= 0.3 is 0 Å². The van der Waals surface area contributed by atoms with E-state index in [4.69, 9.17) is 5.26 Å². The highest BCUT2D eigenvalue weighted by atomic mass is 79.9. The van der Waals surface area contributed by atoms with Gasteiger partial charge in [-0.2, -0.15) is 10.4 Å². The molecule has 0 fully saturated rings. The van der Waals surface area contributed by atoms with Crippen LogP contribution < -0.4 is 0 Å². The maximum atomic E-state index is 8.74. The highest BCUT2D eigenvalue weighted by Gasteiger charge is 2.04. The molecule has 0 N–H and O–H groups in total. The molecule has 4 nitrogen and oxygen atoms in total. The largest absolute Gasteiger partial charge is 0.235 e. The van der Waals surface area contributed by atoms with Crippen molar-refractivity contribution in [1.29, 1.82) is 5.26 Å². The van der Waals surface area contributed by atoms with E-state index in [0.29, 0.717) is 0 Å². The molecule has 1 aromatic heterocycles. The third kappa shape index (κ3) is 1.52. The summed E-state index contributed by atoms with van der Waals surface area (Å²) in [5.74, 6) is 0.285. The summed E-state index contributed by atoms with van der Waals surface area (Å²) in [7, 11) is 0. The molecule has 0 aliphatic carbocycles. The molecule has 0 saturated carbocycles. The zero-order valence-corrected chi connectivity index (χ0v) is 8.64. The van der Waals surface area contributed by atoms with Gasteiger partial charge in [0.2, 0.25) is 5.82 Å². The number of benzene rings is 1. The molecule has 0 aliphatic heterocycles. The van der Waals surface area contributed by atoms with Gasteiger partial charge < -0.3 is 0 Å². The van der Waals surface area contributed by atoms with Gasteiger partial charge in [-0.05, 0) is 24.3 Å². The van der Waals surface area contributed by atoms with Crippen molar-refractivity contribution < 1.29 is 0 Å². The van der Waals surface area contributed by atoms with Gasteiger partial charge in [-0.1, -0.05) is 15.9 Å². The Bertz CT molecular complexity index is 480. The van der Waals surface area contributed by atoms with Crippen molar-refractivity contribution in [2.45, 2.75) is 0 Å². The first-order chi connectivity index (χ1) is 6.81. The third-order valence-corrected chi connectivity index (χ3v) is 2.25. The minimum absolute atomic E-state index is 0.285. The number of nitriles is 1. The number of hydrogen-bond donors (Lipinski definition) is 0. The van der Waals surface area contributed by atoms with E-state index in [1.807, 2.05) is 30.3 Å². The molecule has 1 heterocycles. The first kappa shape index (κ1) is 8.91. The minimum Gasteiger partial charge on any atom is -0.205 e. The summed E-state index contributed by atoms with van der Waals surface area (Å²) in [6.45, 7) is 0. The van der Waals surface area contributed by atoms with E-state index in [0.717, 1.165) is 10.2 Å². The Morgan fingerprint density at radius 1 is 1.29 bits per heavy atom. The summed E-state index contributed by atoms with van der Waals surface area (Å²) in [6.07, 6.45) is 1.36. The average Bonchev–Trinajstić information content (AvgIpc) is 2.67. The van der Waals surface area contributed by atoms with Crippen LogP contribution in [0, 0.1) is 11.3 Å². The topological polar surface area (TPSA) is 54.5 Å². The molecule has 0 amide bonds. The van der Waals surface area contributed by atoms with Crippen LogP contribution in [0.15, 0.2) is 35.1 Å². The lowest BCUT2D eigenvalue weighted by molar-refractivity contribution is 0.863. The van der Waals surface area contributed by atoms with Crippen LogP contribution in [0.1, 0.15) is 5.82 Å². The van der Waals surface area contributed by atoms with Crippen LogP contribution in [-0.2, 0) is 0 Å². The lowest BCUT2D eigenvalue weighted by Crippen LogP contribution is -1.99. The van der Waals surface area contributed by atoms with Gasteiger partial charge in [0.05, 0.1) is 5.69 Å². The number of halogens is 1. The highest BCUT2D eigenvalue weighted by Crippen LogP contribution is 2.13. The second-order valence-electron chi connectivity index (χ2n) is 2.58. The van der Waals surface area contributed by atoms with Crippen molar-refractivity contribution in [3.63, 3.8) is 0 Å². The lowest BCUT2D eigenvalue weighted by atomic mass is 10.3. The Hall–Kier alpha value is -1.67. The number of hydrogen-bond acceptors (Lipinski definition) is 3. The number of aromatic nitrogens is 3. The third-order valence-electron chi connectivity index (χ3n) is 1.72. The smallest absolute Gasteiger partial charge is 0.205 e. The zero-order valence-electron chi connectivity index (χ0n) is 7.05. The molecule has 0 aliphatic rings. The van der Waals surface area contributed by atoms with Crippen LogP contribution in [0.5, 0.6) is 0 Å². The van der Waals surface area contributed by atoms with E-state index < -0.39 is 0 Å². The SMILES string of the molecule is N#Cc1ncnn1-c1ccc(Br)cc1. The van der Waals surface area contributed by atoms with Crippen LogP contribution in [0.4, 0.5) is 0 Å². The molecule has 1 aromatic carbocycles. The number of nitrogens with zero attached hydrogens (tertiary/aromatic N) is 4. The zero-order chi connectivity index (χ0) is 9.97. The standard InChI is InChI=1S/C9H5BrN4/c10-7-1-3-8(4-2-7)14-9(5-11)12-6-13-14/h1-4,6H. The van der Waals surface area contributed by atoms with Crippen molar-refractivity contribution in [2.24, 2.45) is 0 Å². The highest BCUT2D eigenvalue weighted by molar-refractivity contribution is 9.10. The molecule has 5 heteroatoms. The first-order valence-corrected chi connectivity index (χ1v) is 4.66. The second kappa shape index (κ2) is 3.60. The molecule has 2 rings (SSSR count). The summed E-state index contributed by atoms with van der Waals surface area (Å²) in [4.78, 5) is 3.81. The van der Waals surface area contributed by atoms with E-state index in [-0.39, 0.29) is 5.82 Å². The van der Waals surface area contributed by atoms with Crippen LogP contribution in [0.3, 0.4) is 0 Å². The molecule has 0 spiro atoms. The summed E-state index contributed by atoms with van der Waals surface area (Å²) >= 11 is 3.33. The predicted octanol–water partition coefficient (Wildman–Crippen LogP) is 1.90. The van der Waals surface area contributed by atoms with Crippen molar-refractivity contribution in [3.05, 3.63) is 40.9 Å². The normalized spacial score (nSPS) is 9.71. The van der Waals surface area contributed by atoms with E-state index in [9.17, 15) is 0 Å². The Kier molecular flexibility index (Phi) is 2.29. The molecule has 0 radical (unpaired) electrons. The van der Waals surface area contributed by atoms with Crippen LogP contribution in [0.2, 0.25) is 0 Å². The van der Waals surface area contributed by atoms with Crippen molar-refractivity contribution in [1.82, 2.24) is 14.8 Å². The predicted molar refractivity (Wildman–Crippen MR) is 53.8 cm³/mol. The molecule has 0 unspecified atom stereocenters. The monoisotopic (exact) mass is 248 g/mol. The van der Waals surface area contributed by atoms with Gasteiger partial charge in [0.1, 0.15) is 12.4 Å². The Morgan fingerprint density at radius 2 is 2.00 bits per heavy atom. The molecule has 68 valence electrons. The summed E-state index contributed by atoms with van der Waals surface area (Å²) in [5.41, 5.74) is 0.822. The molecule has 0 atom stereocenters. The van der Waals surface area contributed by atoms with Gasteiger partial charge in [0.15, 0.2) is 0 Å². The molecule has 14 heavy (non-hydrogen) atoms. The molecular formula is C9H5BrN4. The maximum absolute atomic E-state index is 8.74. The minimum atomic E-state index is 0.285. The average molecular weight is 249 g/mol. The van der Waals surface area contributed by atoms with Gasteiger partial charge in [0, 0.05) is 4.47 Å². The summed E-state index contributed by atoms with van der Waals surface area (Å²) in [6, 6.07) is 9.46. The number of rotatable bonds is 1. The second-order valence-corrected chi connectivity index (χ2v) is 3.50. The molecule has 2 aromatic rings. The van der Waals surface area contributed by atoms with E-state index in [1.54, 1.807) is 0 Å². The van der Waals surface area contributed by atoms with Gasteiger partial charge in [-0.25, -0.2) is 9.67 Å². The Morgan fingerprint density at radius 3 is 2.64 bits per heavy atom. The fourth-order valence-electron chi connectivity index (χ4n) is 1.09. The van der Waals surface area contributed by atoms with E-state index in [2.05, 4.69) is 26.0 Å². The Labute approximate surface area is 88.9 Å². The lowest BCUT2D eigenvalue weighted by Gasteiger charge is -2.00. The van der Waals surface area contributed by atoms with Gasteiger partial charge in [0.25, 0.3) is 0 Å². The van der Waals surface area contributed by atoms with Crippen molar-refractivity contribution >= 4 is 15.9 Å². The summed E-state index contributed by atoms with van der Waals surface area (Å²) < 4.78 is 2.48. The van der Waals surface area contributed by atoms with Crippen molar-refractivity contribution in [2.75, 3.05) is 0 Å². The van der Waals surface area contributed by atoms with E-state index >= 15 is 0 Å². The van der Waals surface area contributed by atoms with Crippen LogP contribution >= 0.6 is 15.9 Å². The fourth-order valence-corrected chi connectivity index (χ4v) is 1.35. The maximum Gasteiger partial charge on any atom is 0.235 e. The van der Waals surface area contributed by atoms with Crippen LogP contribution in [-0.4, -0.2) is 14.8 Å². The Balaban J connectivity index is 2.50. The van der Waals surface area contributed by atoms with Gasteiger partial charge in [-0.3, -0.25) is 0 Å². The van der Waals surface area contributed by atoms with Gasteiger partial charge in [-0.15, -0.1) is 0 Å². The molecule has 0 saturated heterocycles. The first-order valence-electron chi connectivity index (χ1n) is 3.87. The summed E-state index contributed by atoms with van der Waals surface area (Å²) in [5, 5.41) is 12.7. The van der Waals surface area contributed by atoms with E-state index in [1.165, 1.54) is 11.0 Å². The quantitative estimate of drug-likeness (QED) is 0.775.